The zero-order valence-corrected chi connectivity index (χ0v) is 7.28. The van der Waals surface area contributed by atoms with E-state index in [9.17, 15) is 15.2 Å². The maximum atomic E-state index is 10.6. The first kappa shape index (κ1) is 9.41. The minimum absolute atomic E-state index is 0.132. The molecule has 1 rings (SSSR count). The van der Waals surface area contributed by atoms with Crippen molar-refractivity contribution in [2.75, 3.05) is 13.1 Å². The van der Waals surface area contributed by atoms with Crippen LogP contribution in [0, 0.1) is 16.0 Å². The van der Waals surface area contributed by atoms with Gasteiger partial charge in [-0.25, -0.2) is 0 Å². The van der Waals surface area contributed by atoms with Crippen LogP contribution in [0.4, 0.5) is 0 Å². The summed E-state index contributed by atoms with van der Waals surface area (Å²) in [5.41, 5.74) is -1.13. The number of aliphatic hydroxyl groups is 1. The number of hydrogen-bond donors (Lipinski definition) is 2. The first-order valence-corrected chi connectivity index (χ1v) is 4.04. The van der Waals surface area contributed by atoms with Gasteiger partial charge in [0.15, 0.2) is 5.60 Å². The molecule has 0 aliphatic carbocycles. The second-order valence-corrected chi connectivity index (χ2v) is 3.68. The molecule has 0 radical (unpaired) electrons. The topological polar surface area (TPSA) is 75.4 Å². The van der Waals surface area contributed by atoms with Crippen LogP contribution >= 0.6 is 0 Å². The van der Waals surface area contributed by atoms with Gasteiger partial charge in [0, 0.05) is 23.9 Å². The van der Waals surface area contributed by atoms with Gasteiger partial charge in [0.2, 0.25) is 6.04 Å². The van der Waals surface area contributed by atoms with Crippen LogP contribution in [0.5, 0.6) is 0 Å². The van der Waals surface area contributed by atoms with Crippen molar-refractivity contribution < 1.29 is 10.0 Å². The molecular weight excluding hydrogens is 160 g/mol. The molecule has 0 saturated carbocycles. The molecule has 70 valence electrons. The van der Waals surface area contributed by atoms with Crippen molar-refractivity contribution >= 4 is 0 Å². The van der Waals surface area contributed by atoms with Crippen molar-refractivity contribution in [2.24, 2.45) is 5.92 Å². The third-order valence-corrected chi connectivity index (χ3v) is 2.27. The lowest BCUT2D eigenvalue weighted by molar-refractivity contribution is -0.556. The predicted octanol–water partition coefficient (Wildman–Crippen LogP) is -0.378. The number of hydrogen-bond acceptors (Lipinski definition) is 4. The van der Waals surface area contributed by atoms with Crippen LogP contribution in [0.15, 0.2) is 0 Å². The molecular formula is C7H14N2O3. The largest absolute Gasteiger partial charge is 0.380 e. The molecule has 0 spiro atoms. The summed E-state index contributed by atoms with van der Waals surface area (Å²) in [5, 5.41) is 23.1. The molecule has 5 nitrogen and oxygen atoms in total. The zero-order valence-electron chi connectivity index (χ0n) is 7.28. The summed E-state index contributed by atoms with van der Waals surface area (Å²) in [4.78, 5) is 10.2. The summed E-state index contributed by atoms with van der Waals surface area (Å²) >= 11 is 0. The summed E-state index contributed by atoms with van der Waals surface area (Å²) in [6.45, 7) is 4.17. The highest BCUT2D eigenvalue weighted by molar-refractivity contribution is 4.99. The molecule has 1 aliphatic heterocycles. The van der Waals surface area contributed by atoms with E-state index in [0.29, 0.717) is 13.1 Å². The molecule has 0 amide bonds. The summed E-state index contributed by atoms with van der Waals surface area (Å²) in [6, 6.07) is -0.848. The molecule has 2 N–H and O–H groups in total. The Morgan fingerprint density at radius 3 is 2.17 bits per heavy atom. The van der Waals surface area contributed by atoms with E-state index in [4.69, 9.17) is 0 Å². The number of rotatable bonds is 3. The van der Waals surface area contributed by atoms with Gasteiger partial charge in [-0.3, -0.25) is 10.1 Å². The molecule has 1 unspecified atom stereocenters. The van der Waals surface area contributed by atoms with Gasteiger partial charge in [-0.1, -0.05) is 13.8 Å². The molecule has 1 saturated heterocycles. The maximum Gasteiger partial charge on any atom is 0.246 e. The summed E-state index contributed by atoms with van der Waals surface area (Å²) < 4.78 is 0. The average Bonchev–Trinajstić information content (AvgIpc) is 1.82. The van der Waals surface area contributed by atoms with Gasteiger partial charge in [0.05, 0.1) is 0 Å². The van der Waals surface area contributed by atoms with E-state index in [0.717, 1.165) is 0 Å². The second-order valence-electron chi connectivity index (χ2n) is 3.68. The fourth-order valence-electron chi connectivity index (χ4n) is 1.65. The van der Waals surface area contributed by atoms with E-state index in [1.54, 1.807) is 13.8 Å². The predicted molar refractivity (Wildman–Crippen MR) is 43.4 cm³/mol. The van der Waals surface area contributed by atoms with Gasteiger partial charge in [-0.2, -0.15) is 0 Å². The van der Waals surface area contributed by atoms with E-state index < -0.39 is 11.6 Å². The monoisotopic (exact) mass is 174 g/mol. The summed E-state index contributed by atoms with van der Waals surface area (Å²) in [7, 11) is 0. The highest BCUT2D eigenvalue weighted by atomic mass is 16.6. The van der Waals surface area contributed by atoms with Crippen molar-refractivity contribution in [3.63, 3.8) is 0 Å². The van der Waals surface area contributed by atoms with Crippen molar-refractivity contribution in [1.29, 1.82) is 0 Å². The van der Waals surface area contributed by atoms with Gasteiger partial charge in [0.25, 0.3) is 0 Å². The van der Waals surface area contributed by atoms with Crippen molar-refractivity contribution in [3.8, 4) is 0 Å². The Morgan fingerprint density at radius 2 is 2.08 bits per heavy atom. The zero-order chi connectivity index (χ0) is 9.35. The minimum Gasteiger partial charge on any atom is -0.380 e. The lowest BCUT2D eigenvalue weighted by Gasteiger charge is -2.40. The van der Waals surface area contributed by atoms with Crippen LogP contribution in [0.2, 0.25) is 0 Å². The normalized spacial score (nSPS) is 23.3. The lowest BCUT2D eigenvalue weighted by Crippen LogP contribution is -2.68. The first-order chi connectivity index (χ1) is 5.47. The van der Waals surface area contributed by atoms with Crippen LogP contribution in [0.25, 0.3) is 0 Å². The molecule has 0 aromatic rings. The van der Waals surface area contributed by atoms with Gasteiger partial charge in [-0.05, 0) is 0 Å². The number of β-amino-alcohol motifs (C(OH)–C–C–N with tert-alkyl or cyclic N) is 1. The molecule has 5 heteroatoms. The SMILES string of the molecule is CC(C)C([N+](=O)[O-])C1(O)CNC1. The minimum atomic E-state index is -1.13. The lowest BCUT2D eigenvalue weighted by atomic mass is 9.82. The van der Waals surface area contributed by atoms with E-state index in [2.05, 4.69) is 5.32 Å². The van der Waals surface area contributed by atoms with E-state index >= 15 is 0 Å². The highest BCUT2D eigenvalue weighted by Gasteiger charge is 2.51. The Balaban J connectivity index is 2.71. The molecule has 0 bridgehead atoms. The van der Waals surface area contributed by atoms with Crippen LogP contribution in [-0.2, 0) is 0 Å². The number of nitrogens with zero attached hydrogens (tertiary/aromatic N) is 1. The Bertz CT molecular complexity index is 189. The standard InChI is InChI=1S/C7H14N2O3/c1-5(2)6(9(11)12)7(10)3-8-4-7/h5-6,8,10H,3-4H2,1-2H3. The van der Waals surface area contributed by atoms with Crippen LogP contribution in [-0.4, -0.2) is 34.8 Å². The summed E-state index contributed by atoms with van der Waals surface area (Å²) in [6.07, 6.45) is 0. The maximum absolute atomic E-state index is 10.6. The Labute approximate surface area is 70.9 Å². The molecule has 0 aromatic heterocycles. The molecule has 12 heavy (non-hydrogen) atoms. The van der Waals surface area contributed by atoms with E-state index in [-0.39, 0.29) is 10.8 Å². The molecule has 1 atom stereocenters. The Hall–Kier alpha value is -0.680. The average molecular weight is 174 g/mol. The van der Waals surface area contributed by atoms with Crippen molar-refractivity contribution in [2.45, 2.75) is 25.5 Å². The van der Waals surface area contributed by atoms with Crippen LogP contribution < -0.4 is 5.32 Å². The third-order valence-electron chi connectivity index (χ3n) is 2.27. The van der Waals surface area contributed by atoms with Gasteiger partial charge >= 0.3 is 0 Å². The Morgan fingerprint density at radius 1 is 1.58 bits per heavy atom. The molecule has 1 aliphatic rings. The van der Waals surface area contributed by atoms with Gasteiger partial charge < -0.3 is 10.4 Å². The van der Waals surface area contributed by atoms with Crippen LogP contribution in [0.3, 0.4) is 0 Å². The van der Waals surface area contributed by atoms with E-state index in [1.807, 2.05) is 0 Å². The quantitative estimate of drug-likeness (QED) is 0.452. The first-order valence-electron chi connectivity index (χ1n) is 4.04. The molecule has 1 fully saturated rings. The summed E-state index contributed by atoms with van der Waals surface area (Å²) in [5.74, 6) is -0.132. The Kier molecular flexibility index (Phi) is 2.34. The number of nitrogens with one attached hydrogen (secondary N) is 1. The van der Waals surface area contributed by atoms with Gasteiger partial charge in [0.1, 0.15) is 0 Å². The fourth-order valence-corrected chi connectivity index (χ4v) is 1.65. The third kappa shape index (κ3) is 1.42. The molecule has 0 aromatic carbocycles. The highest BCUT2D eigenvalue weighted by Crippen LogP contribution is 2.24. The second kappa shape index (κ2) is 2.99. The van der Waals surface area contributed by atoms with Crippen LogP contribution in [0.1, 0.15) is 13.8 Å². The molecule has 1 heterocycles. The van der Waals surface area contributed by atoms with Gasteiger partial charge in [-0.15, -0.1) is 0 Å². The smallest absolute Gasteiger partial charge is 0.246 e. The number of nitro groups is 1. The fraction of sp³-hybridized carbons (Fsp3) is 1.00. The van der Waals surface area contributed by atoms with E-state index in [1.165, 1.54) is 0 Å². The van der Waals surface area contributed by atoms with Crippen molar-refractivity contribution in [1.82, 2.24) is 5.32 Å². The van der Waals surface area contributed by atoms with Crippen molar-refractivity contribution in [3.05, 3.63) is 10.1 Å².